The first-order chi connectivity index (χ1) is 11.7. The van der Waals surface area contributed by atoms with E-state index < -0.39 is 0 Å². The van der Waals surface area contributed by atoms with Gasteiger partial charge in [-0.25, -0.2) is 4.98 Å². The second-order valence-corrected chi connectivity index (χ2v) is 6.08. The number of nitrogens with one attached hydrogen (secondary N) is 1. The highest BCUT2D eigenvalue weighted by atomic mass is 32.1. The van der Waals surface area contributed by atoms with E-state index in [1.807, 2.05) is 23.6 Å². The fraction of sp³-hybridized carbons (Fsp3) is 0.188. The zero-order valence-electron chi connectivity index (χ0n) is 12.9. The van der Waals surface area contributed by atoms with E-state index in [1.54, 1.807) is 24.0 Å². The number of amides is 1. The third-order valence-electron chi connectivity index (χ3n) is 3.51. The lowest BCUT2D eigenvalue weighted by Crippen LogP contribution is -2.15. The number of carbonyl (C=O) groups is 1. The summed E-state index contributed by atoms with van der Waals surface area (Å²) in [6, 6.07) is 7.35. The van der Waals surface area contributed by atoms with Gasteiger partial charge in [-0.1, -0.05) is 0 Å². The second kappa shape index (κ2) is 5.97. The standard InChI is InChI=1S/C16H14N4O3S/c1-20-5-4-11(19-20)15(21)18-16-17-12(9-24-16)10-2-3-13-14(8-10)23-7-6-22-13/h2-5,8-9H,6-7H2,1H3,(H,17,18,21). The summed E-state index contributed by atoms with van der Waals surface area (Å²) in [4.78, 5) is 16.6. The van der Waals surface area contributed by atoms with Crippen molar-refractivity contribution in [2.45, 2.75) is 0 Å². The molecule has 0 fully saturated rings. The number of nitrogens with zero attached hydrogens (tertiary/aromatic N) is 3. The number of benzene rings is 1. The van der Waals surface area contributed by atoms with Gasteiger partial charge in [-0.2, -0.15) is 5.10 Å². The predicted octanol–water partition coefficient (Wildman–Crippen LogP) is 2.57. The van der Waals surface area contributed by atoms with Crippen molar-refractivity contribution in [3.63, 3.8) is 0 Å². The van der Waals surface area contributed by atoms with Gasteiger partial charge in [0.2, 0.25) is 0 Å². The number of hydrogen-bond acceptors (Lipinski definition) is 6. The number of rotatable bonds is 3. The quantitative estimate of drug-likeness (QED) is 0.791. The van der Waals surface area contributed by atoms with E-state index in [-0.39, 0.29) is 5.91 Å². The fourth-order valence-electron chi connectivity index (χ4n) is 2.36. The molecule has 1 amide bonds. The summed E-state index contributed by atoms with van der Waals surface area (Å²) >= 11 is 1.36. The number of carbonyl (C=O) groups excluding carboxylic acids is 1. The molecular weight excluding hydrogens is 328 g/mol. The molecule has 4 rings (SSSR count). The van der Waals surface area contributed by atoms with Crippen LogP contribution in [0.2, 0.25) is 0 Å². The summed E-state index contributed by atoms with van der Waals surface area (Å²) in [5.74, 6) is 1.17. The van der Waals surface area contributed by atoms with Crippen molar-refractivity contribution in [3.05, 3.63) is 41.5 Å². The summed E-state index contributed by atoms with van der Waals surface area (Å²) in [5.41, 5.74) is 2.04. The number of fused-ring (bicyclic) bond motifs is 1. The van der Waals surface area contributed by atoms with Crippen LogP contribution in [0.4, 0.5) is 5.13 Å². The highest BCUT2D eigenvalue weighted by Crippen LogP contribution is 2.35. The topological polar surface area (TPSA) is 78.3 Å². The maximum Gasteiger partial charge on any atom is 0.277 e. The van der Waals surface area contributed by atoms with Gasteiger partial charge in [0, 0.05) is 24.2 Å². The summed E-state index contributed by atoms with van der Waals surface area (Å²) in [5, 5.41) is 9.24. The molecule has 0 unspecified atom stereocenters. The molecule has 0 spiro atoms. The van der Waals surface area contributed by atoms with Crippen LogP contribution >= 0.6 is 11.3 Å². The van der Waals surface area contributed by atoms with Gasteiger partial charge < -0.3 is 9.47 Å². The van der Waals surface area contributed by atoms with Gasteiger partial charge in [-0.15, -0.1) is 11.3 Å². The van der Waals surface area contributed by atoms with Crippen LogP contribution in [-0.4, -0.2) is 33.9 Å². The van der Waals surface area contributed by atoms with Crippen molar-refractivity contribution >= 4 is 22.4 Å². The minimum Gasteiger partial charge on any atom is -0.486 e. The Morgan fingerprint density at radius 3 is 2.88 bits per heavy atom. The first-order valence-corrected chi connectivity index (χ1v) is 8.23. The molecule has 2 aromatic heterocycles. The van der Waals surface area contributed by atoms with E-state index in [9.17, 15) is 4.79 Å². The Bertz CT molecular complexity index is 902. The van der Waals surface area contributed by atoms with E-state index in [1.165, 1.54) is 11.3 Å². The highest BCUT2D eigenvalue weighted by molar-refractivity contribution is 7.14. The summed E-state index contributed by atoms with van der Waals surface area (Å²) in [7, 11) is 1.76. The van der Waals surface area contributed by atoms with Crippen LogP contribution in [-0.2, 0) is 7.05 Å². The lowest BCUT2D eigenvalue weighted by atomic mass is 10.1. The van der Waals surface area contributed by atoms with Gasteiger partial charge in [-0.3, -0.25) is 14.8 Å². The first-order valence-electron chi connectivity index (χ1n) is 7.35. The third kappa shape index (κ3) is 2.83. The fourth-order valence-corrected chi connectivity index (χ4v) is 3.08. The van der Waals surface area contributed by atoms with Crippen molar-refractivity contribution in [3.8, 4) is 22.8 Å². The van der Waals surface area contributed by atoms with E-state index in [2.05, 4.69) is 15.4 Å². The van der Waals surface area contributed by atoms with Crippen molar-refractivity contribution in [1.82, 2.24) is 14.8 Å². The van der Waals surface area contributed by atoms with E-state index in [4.69, 9.17) is 9.47 Å². The molecule has 1 aliphatic rings. The number of ether oxygens (including phenoxy) is 2. The van der Waals surface area contributed by atoms with Crippen LogP contribution in [0.3, 0.4) is 0 Å². The Morgan fingerprint density at radius 2 is 2.08 bits per heavy atom. The van der Waals surface area contributed by atoms with Gasteiger partial charge in [0.05, 0.1) is 5.69 Å². The molecule has 7 nitrogen and oxygen atoms in total. The average Bonchev–Trinajstić information content (AvgIpc) is 3.23. The molecule has 3 aromatic rings. The molecule has 1 aliphatic heterocycles. The molecule has 0 saturated carbocycles. The van der Waals surface area contributed by atoms with E-state index in [0.717, 1.165) is 17.0 Å². The molecule has 1 aromatic carbocycles. The monoisotopic (exact) mass is 342 g/mol. The van der Waals surface area contributed by atoms with Gasteiger partial charge in [-0.05, 0) is 24.3 Å². The number of aromatic nitrogens is 3. The largest absolute Gasteiger partial charge is 0.486 e. The Labute approximate surface area is 141 Å². The smallest absolute Gasteiger partial charge is 0.277 e. The zero-order chi connectivity index (χ0) is 16.5. The minimum atomic E-state index is -0.279. The Hall–Kier alpha value is -2.87. The maximum atomic E-state index is 12.1. The molecule has 0 aliphatic carbocycles. The second-order valence-electron chi connectivity index (χ2n) is 5.23. The zero-order valence-corrected chi connectivity index (χ0v) is 13.7. The van der Waals surface area contributed by atoms with Gasteiger partial charge in [0.15, 0.2) is 22.3 Å². The normalized spacial score (nSPS) is 12.9. The van der Waals surface area contributed by atoms with Gasteiger partial charge >= 0.3 is 0 Å². The molecule has 122 valence electrons. The number of aryl methyl sites for hydroxylation is 1. The average molecular weight is 342 g/mol. The first kappa shape index (κ1) is 14.7. The van der Waals surface area contributed by atoms with Crippen molar-refractivity contribution < 1.29 is 14.3 Å². The molecular formula is C16H14N4O3S. The van der Waals surface area contributed by atoms with Crippen LogP contribution in [0.15, 0.2) is 35.8 Å². The van der Waals surface area contributed by atoms with Gasteiger partial charge in [0.25, 0.3) is 5.91 Å². The van der Waals surface area contributed by atoms with Crippen molar-refractivity contribution in [2.24, 2.45) is 7.05 Å². The molecule has 8 heteroatoms. The molecule has 0 bridgehead atoms. The Kier molecular flexibility index (Phi) is 3.66. The number of anilines is 1. The van der Waals surface area contributed by atoms with Crippen molar-refractivity contribution in [1.29, 1.82) is 0 Å². The molecule has 0 atom stereocenters. The van der Waals surface area contributed by atoms with Gasteiger partial charge in [0.1, 0.15) is 13.2 Å². The Balaban J connectivity index is 1.53. The van der Waals surface area contributed by atoms with Crippen LogP contribution in [0, 0.1) is 0 Å². The van der Waals surface area contributed by atoms with Crippen molar-refractivity contribution in [2.75, 3.05) is 18.5 Å². The molecule has 1 N–H and O–H groups in total. The highest BCUT2D eigenvalue weighted by Gasteiger charge is 2.15. The summed E-state index contributed by atoms with van der Waals surface area (Å²) in [6.45, 7) is 1.10. The molecule has 24 heavy (non-hydrogen) atoms. The lowest BCUT2D eigenvalue weighted by molar-refractivity contribution is 0.102. The van der Waals surface area contributed by atoms with Crippen LogP contribution < -0.4 is 14.8 Å². The van der Waals surface area contributed by atoms with E-state index in [0.29, 0.717) is 29.8 Å². The number of thiazole rings is 1. The SMILES string of the molecule is Cn1ccc(C(=O)Nc2nc(-c3ccc4c(c3)OCCO4)cs2)n1. The van der Waals surface area contributed by atoms with Crippen LogP contribution in [0.5, 0.6) is 11.5 Å². The third-order valence-corrected chi connectivity index (χ3v) is 4.27. The van der Waals surface area contributed by atoms with Crippen LogP contribution in [0.1, 0.15) is 10.5 Å². The number of hydrogen-bond donors (Lipinski definition) is 1. The molecule has 0 saturated heterocycles. The Morgan fingerprint density at radius 1 is 1.25 bits per heavy atom. The lowest BCUT2D eigenvalue weighted by Gasteiger charge is -2.18. The van der Waals surface area contributed by atoms with Crippen LogP contribution in [0.25, 0.3) is 11.3 Å². The maximum absolute atomic E-state index is 12.1. The molecule has 0 radical (unpaired) electrons. The van der Waals surface area contributed by atoms with E-state index >= 15 is 0 Å². The summed E-state index contributed by atoms with van der Waals surface area (Å²) in [6.07, 6.45) is 1.72. The summed E-state index contributed by atoms with van der Waals surface area (Å²) < 4.78 is 12.7. The molecule has 3 heterocycles. The predicted molar refractivity (Wildman–Crippen MR) is 89.7 cm³/mol. The minimum absolute atomic E-state index is 0.279.